The Balaban J connectivity index is 1.26. The number of fused-ring (bicyclic) bond motifs is 4. The van der Waals surface area contributed by atoms with Crippen molar-refractivity contribution in [3.8, 4) is 5.75 Å². The van der Waals surface area contributed by atoms with E-state index in [1.807, 2.05) is 72.7 Å². The Bertz CT molecular complexity index is 2000. The van der Waals surface area contributed by atoms with Crippen molar-refractivity contribution >= 4 is 25.9 Å². The number of halogens is 1. The molecule has 1 aromatic carbocycles. The Kier molecular flexibility index (Phi) is 19.2. The van der Waals surface area contributed by atoms with E-state index in [-0.39, 0.29) is 58.3 Å². The lowest BCUT2D eigenvalue weighted by Gasteiger charge is -2.48. The summed E-state index contributed by atoms with van der Waals surface area (Å²) in [6.45, 7) is 38.1. The highest BCUT2D eigenvalue weighted by Gasteiger charge is 2.54. The summed E-state index contributed by atoms with van der Waals surface area (Å²) in [4.78, 5) is 14.9. The van der Waals surface area contributed by atoms with Gasteiger partial charge in [0, 0.05) is 12.3 Å². The van der Waals surface area contributed by atoms with Crippen LogP contribution >= 0.6 is 11.6 Å². The zero-order valence-electron chi connectivity index (χ0n) is 47.2. The van der Waals surface area contributed by atoms with Gasteiger partial charge in [-0.2, -0.15) is 0 Å². The van der Waals surface area contributed by atoms with Crippen LogP contribution in [-0.2, 0) is 58.5 Å². The monoisotopic (exact) mass is 1050 g/mol. The Morgan fingerprint density at radius 3 is 2.12 bits per heavy atom. The Labute approximate surface area is 439 Å². The molecule has 72 heavy (non-hydrogen) atoms. The number of aliphatic hydroxyl groups excluding tert-OH is 1. The number of hydrogen-bond donors (Lipinski definition) is 1. The summed E-state index contributed by atoms with van der Waals surface area (Å²) in [5, 5.41) is 11.9. The van der Waals surface area contributed by atoms with Crippen molar-refractivity contribution in [2.24, 2.45) is 35.5 Å². The molecule has 0 aliphatic carbocycles. The number of allylic oxidation sites excluding steroid dienone is 2. The first-order chi connectivity index (χ1) is 33.3. The largest absolute Gasteiger partial charge is 0.497 e. The molecule has 5 aliphatic heterocycles. The van der Waals surface area contributed by atoms with Gasteiger partial charge in [-0.1, -0.05) is 85.8 Å². The quantitative estimate of drug-likeness (QED) is 0.0772. The van der Waals surface area contributed by atoms with E-state index in [0.29, 0.717) is 32.5 Å². The van der Waals surface area contributed by atoms with Crippen molar-refractivity contribution in [2.45, 2.75) is 245 Å². The highest BCUT2D eigenvalue weighted by atomic mass is 35.5. The predicted molar refractivity (Wildman–Crippen MR) is 282 cm³/mol. The second kappa shape index (κ2) is 23.4. The van der Waals surface area contributed by atoms with Gasteiger partial charge in [0.05, 0.1) is 68.2 Å². The normalized spacial score (nSPS) is 37.0. The van der Waals surface area contributed by atoms with Gasteiger partial charge in [0.2, 0.25) is 0 Å². The Morgan fingerprint density at radius 2 is 1.51 bits per heavy atom. The highest BCUT2D eigenvalue weighted by molar-refractivity contribution is 6.74. The molecule has 18 atom stereocenters. The van der Waals surface area contributed by atoms with Gasteiger partial charge in [-0.15, -0.1) is 11.6 Å². The van der Waals surface area contributed by atoms with Crippen molar-refractivity contribution in [2.75, 3.05) is 13.7 Å². The van der Waals surface area contributed by atoms with Gasteiger partial charge in [0.1, 0.15) is 36.3 Å². The third kappa shape index (κ3) is 14.6. The molecule has 1 N–H and O–H groups in total. The molecule has 0 radical (unpaired) electrons. The van der Waals surface area contributed by atoms with Crippen molar-refractivity contribution in [3.63, 3.8) is 0 Å². The van der Waals surface area contributed by atoms with E-state index in [1.54, 1.807) is 7.11 Å². The summed E-state index contributed by atoms with van der Waals surface area (Å²) in [7, 11) is -0.861. The van der Waals surface area contributed by atoms with Crippen LogP contribution in [-0.4, -0.2) is 123 Å². The number of carbonyl (C=O) groups is 1. The maximum atomic E-state index is 14.9. The topological polar surface area (TPSA) is 139 Å². The van der Waals surface area contributed by atoms with Crippen LogP contribution in [0.4, 0.5) is 0 Å². The molecule has 2 bridgehead atoms. The van der Waals surface area contributed by atoms with Gasteiger partial charge >= 0.3 is 5.97 Å². The van der Waals surface area contributed by atoms with Gasteiger partial charge in [0.25, 0.3) is 0 Å². The fourth-order valence-electron chi connectivity index (χ4n) is 11.1. The van der Waals surface area contributed by atoms with Crippen LogP contribution in [0.5, 0.6) is 5.75 Å². The minimum Gasteiger partial charge on any atom is -0.497 e. The molecular weight excluding hydrogens is 956 g/mol. The molecule has 0 spiro atoms. The first kappa shape index (κ1) is 59.3. The lowest BCUT2D eigenvalue weighted by atomic mass is 9.81. The third-order valence-electron chi connectivity index (χ3n) is 16.3. The SMILES string of the molecule is COc1ccc(CO[C@@H]2[C@@H](C)[C@H](C)C=C[C@@H]3OC(C)(C)O[C@@H]3[C@@H]3C[C@@H](OC(=O)[C@@H](C)[C@@H]2O[Si](C)(C)C(C)(C)C)[C@H]([C@@H](O)C[C@@H](C)/C=C(\C)[C@@H]2OC(C)(C)O[C@@H]([C@H](C)C[C@H](Cl)[C@@H]4COC(C)(C)O4)[C@@H]2C)O3)cc1. The fourth-order valence-corrected chi connectivity index (χ4v) is 12.8. The van der Waals surface area contributed by atoms with Gasteiger partial charge in [0.15, 0.2) is 25.7 Å². The zero-order chi connectivity index (χ0) is 53.5. The minimum absolute atomic E-state index is 0.00550. The van der Waals surface area contributed by atoms with Crippen LogP contribution in [0, 0.1) is 35.5 Å². The number of benzene rings is 1. The van der Waals surface area contributed by atoms with Crippen LogP contribution in [0.3, 0.4) is 0 Å². The number of aliphatic hydroxyl groups is 1. The zero-order valence-corrected chi connectivity index (χ0v) is 48.9. The van der Waals surface area contributed by atoms with E-state index >= 15 is 0 Å². The fraction of sp³-hybridized carbons (Fsp3) is 0.807. The first-order valence-electron chi connectivity index (χ1n) is 26.8. The number of alkyl halides is 1. The summed E-state index contributed by atoms with van der Waals surface area (Å²) in [6.07, 6.45) is 1.95. The molecule has 0 aromatic heterocycles. The van der Waals surface area contributed by atoms with Crippen LogP contribution in [0.15, 0.2) is 48.1 Å². The maximum absolute atomic E-state index is 14.9. The second-order valence-electron chi connectivity index (χ2n) is 24.9. The Morgan fingerprint density at radius 1 is 0.861 bits per heavy atom. The van der Waals surface area contributed by atoms with Gasteiger partial charge in [-0.25, -0.2) is 0 Å². The number of methoxy groups -OCH3 is 1. The van der Waals surface area contributed by atoms with Crippen molar-refractivity contribution < 1.29 is 61.7 Å². The average molecular weight is 1050 g/mol. The van der Waals surface area contributed by atoms with Crippen LogP contribution in [0.25, 0.3) is 0 Å². The van der Waals surface area contributed by atoms with Crippen LogP contribution in [0.1, 0.15) is 136 Å². The molecule has 410 valence electrons. The van der Waals surface area contributed by atoms with Crippen molar-refractivity contribution in [3.05, 3.63) is 53.6 Å². The van der Waals surface area contributed by atoms with E-state index in [1.165, 1.54) is 0 Å². The maximum Gasteiger partial charge on any atom is 0.311 e. The number of rotatable bonds is 15. The van der Waals surface area contributed by atoms with Crippen LogP contribution in [0.2, 0.25) is 18.1 Å². The lowest BCUT2D eigenvalue weighted by Crippen LogP contribution is -2.53. The summed E-state index contributed by atoms with van der Waals surface area (Å²) >= 11 is 6.97. The van der Waals surface area contributed by atoms with E-state index < -0.39 is 86.4 Å². The molecule has 0 saturated carbocycles. The van der Waals surface area contributed by atoms with E-state index in [2.05, 4.69) is 93.6 Å². The lowest BCUT2D eigenvalue weighted by molar-refractivity contribution is -0.319. The molecule has 13 nitrogen and oxygen atoms in total. The molecule has 1 aromatic rings. The molecule has 4 fully saturated rings. The molecule has 0 amide bonds. The van der Waals surface area contributed by atoms with Gasteiger partial charge in [-0.05, 0) is 133 Å². The molecule has 6 rings (SSSR count). The van der Waals surface area contributed by atoms with Gasteiger partial charge < -0.3 is 56.9 Å². The molecular formula is C57H93ClO13Si. The molecule has 4 saturated heterocycles. The van der Waals surface area contributed by atoms with Crippen molar-refractivity contribution in [1.29, 1.82) is 0 Å². The first-order valence-corrected chi connectivity index (χ1v) is 30.2. The molecule has 5 heterocycles. The smallest absolute Gasteiger partial charge is 0.311 e. The summed E-state index contributed by atoms with van der Waals surface area (Å²) in [5.41, 5.74) is 2.02. The minimum atomic E-state index is -2.51. The highest BCUT2D eigenvalue weighted by Crippen LogP contribution is 2.44. The van der Waals surface area contributed by atoms with Gasteiger partial charge in [-0.3, -0.25) is 4.79 Å². The summed E-state index contributed by atoms with van der Waals surface area (Å²) < 4.78 is 71.5. The number of esters is 1. The second-order valence-corrected chi connectivity index (χ2v) is 30.3. The number of ether oxygens (including phenoxy) is 10. The van der Waals surface area contributed by atoms with E-state index in [9.17, 15) is 9.90 Å². The molecule has 0 unspecified atom stereocenters. The van der Waals surface area contributed by atoms with Crippen molar-refractivity contribution in [1.82, 2.24) is 0 Å². The molecule has 15 heteroatoms. The van der Waals surface area contributed by atoms with E-state index in [4.69, 9.17) is 63.4 Å². The summed E-state index contributed by atoms with van der Waals surface area (Å²) in [6, 6.07) is 7.84. The number of hydrogen-bond acceptors (Lipinski definition) is 13. The third-order valence-corrected chi connectivity index (χ3v) is 21.3. The van der Waals surface area contributed by atoms with Crippen LogP contribution < -0.4 is 4.74 Å². The van der Waals surface area contributed by atoms with E-state index in [0.717, 1.165) is 16.9 Å². The predicted octanol–water partition coefficient (Wildman–Crippen LogP) is 11.3. The standard InChI is InChI=1S/C57H93ClO13Si/c1-32(26-34(3)47-37(6)48(69-57(15,16)68-47)35(4)28-41(58)46-31-63-55(11,12)67-46)27-42(59)51-44-29-45(64-51)52-43(66-56(13,14)70-52)25-20-33(2)36(5)49(62-30-39-21-23-40(61-17)24-22-39)50(38(7)53(60)65-44)71-72(18,19)54(8,9)10/h20-26,32-33,35-38,41-52,59H,27-31H2,1-19H3/b25-20?,34-26+/t32-,33+,35+,36-,37+,38-,41-,42-,43-,44+,45-,46-,47-,48-,49+,50-,51-,52-/m0/s1. The summed E-state index contributed by atoms with van der Waals surface area (Å²) in [5.74, 6) is -2.90. The Hall–Kier alpha value is -1.92. The molecule has 5 aliphatic rings. The average Bonchev–Trinajstić information content (AvgIpc) is 3.97. The number of carbonyl (C=O) groups excluding carboxylic acids is 1.